The number of nitrogens with zero attached hydrogens (tertiary/aromatic N) is 4. The maximum Gasteiger partial charge on any atom is 0.305 e. The topological polar surface area (TPSA) is 91.2 Å². The number of hydrogen-bond acceptors (Lipinski definition) is 7. The Hall–Kier alpha value is -1.67. The number of carboxylic acid groups (broad SMARTS) is 1. The van der Waals surface area contributed by atoms with Gasteiger partial charge in [0.2, 0.25) is 5.28 Å². The maximum atomic E-state index is 10.6. The van der Waals surface area contributed by atoms with Crippen LogP contribution in [0.25, 0.3) is 10.3 Å². The maximum absolute atomic E-state index is 10.6. The summed E-state index contributed by atoms with van der Waals surface area (Å²) in [6, 6.07) is 0. The molecule has 2 aromatic rings. The van der Waals surface area contributed by atoms with Crippen LogP contribution in [0.4, 0.5) is 10.9 Å². The van der Waals surface area contributed by atoms with E-state index in [-0.39, 0.29) is 18.2 Å². The second kappa shape index (κ2) is 5.98. The SMILES string of the molecule is O=C(O)CCNc1nc(Cl)nc2nc(N3CCCC3)sc12. The van der Waals surface area contributed by atoms with E-state index in [9.17, 15) is 4.79 Å². The molecule has 7 nitrogen and oxygen atoms in total. The zero-order valence-electron chi connectivity index (χ0n) is 11.2. The fraction of sp³-hybridized carbons (Fsp3) is 0.500. The fourth-order valence-electron chi connectivity index (χ4n) is 2.24. The van der Waals surface area contributed by atoms with Gasteiger partial charge in [-0.05, 0) is 24.4 Å². The molecule has 0 amide bonds. The predicted octanol–water partition coefficient (Wildman–Crippen LogP) is 2.23. The number of rotatable bonds is 5. The van der Waals surface area contributed by atoms with E-state index >= 15 is 0 Å². The zero-order valence-corrected chi connectivity index (χ0v) is 12.7. The molecular weight excluding hydrogens is 314 g/mol. The van der Waals surface area contributed by atoms with E-state index in [1.807, 2.05) is 0 Å². The number of hydrogen-bond donors (Lipinski definition) is 2. The summed E-state index contributed by atoms with van der Waals surface area (Å²) in [5, 5.41) is 12.7. The number of thiazole rings is 1. The van der Waals surface area contributed by atoms with Gasteiger partial charge >= 0.3 is 5.97 Å². The molecule has 1 aliphatic rings. The first-order chi connectivity index (χ1) is 10.1. The van der Waals surface area contributed by atoms with Gasteiger partial charge in [-0.25, -0.2) is 0 Å². The number of anilines is 2. The molecule has 0 unspecified atom stereocenters. The molecule has 2 N–H and O–H groups in total. The van der Waals surface area contributed by atoms with Crippen LogP contribution in [0.15, 0.2) is 0 Å². The van der Waals surface area contributed by atoms with Gasteiger partial charge in [-0.3, -0.25) is 4.79 Å². The lowest BCUT2D eigenvalue weighted by Crippen LogP contribution is -2.16. The van der Waals surface area contributed by atoms with Crippen LogP contribution >= 0.6 is 22.9 Å². The van der Waals surface area contributed by atoms with Gasteiger partial charge in [-0.15, -0.1) is 0 Å². The van der Waals surface area contributed by atoms with E-state index in [0.717, 1.165) is 22.9 Å². The Morgan fingerprint density at radius 2 is 2.10 bits per heavy atom. The lowest BCUT2D eigenvalue weighted by molar-refractivity contribution is -0.136. The van der Waals surface area contributed by atoms with Crippen molar-refractivity contribution < 1.29 is 9.90 Å². The van der Waals surface area contributed by atoms with E-state index in [0.29, 0.717) is 11.5 Å². The van der Waals surface area contributed by atoms with Gasteiger partial charge in [0.05, 0.1) is 6.42 Å². The molecule has 1 aliphatic heterocycles. The summed E-state index contributed by atoms with van der Waals surface area (Å²) in [5.74, 6) is -0.310. The lowest BCUT2D eigenvalue weighted by Gasteiger charge is -2.11. The van der Waals surface area contributed by atoms with Crippen LogP contribution in [-0.4, -0.2) is 45.7 Å². The molecule has 3 heterocycles. The molecule has 0 atom stereocenters. The molecule has 0 spiro atoms. The highest BCUT2D eigenvalue weighted by atomic mass is 35.5. The van der Waals surface area contributed by atoms with Crippen LogP contribution in [0.2, 0.25) is 5.28 Å². The van der Waals surface area contributed by atoms with Gasteiger partial charge in [-0.1, -0.05) is 11.3 Å². The summed E-state index contributed by atoms with van der Waals surface area (Å²) in [7, 11) is 0. The molecule has 21 heavy (non-hydrogen) atoms. The minimum Gasteiger partial charge on any atom is -0.481 e. The van der Waals surface area contributed by atoms with Crippen molar-refractivity contribution in [3.63, 3.8) is 0 Å². The smallest absolute Gasteiger partial charge is 0.305 e. The molecule has 2 aromatic heterocycles. The van der Waals surface area contributed by atoms with Gasteiger partial charge < -0.3 is 15.3 Å². The third-order valence-electron chi connectivity index (χ3n) is 3.22. The molecule has 1 fully saturated rings. The van der Waals surface area contributed by atoms with Gasteiger partial charge in [-0.2, -0.15) is 15.0 Å². The highest BCUT2D eigenvalue weighted by Crippen LogP contribution is 2.34. The summed E-state index contributed by atoms with van der Waals surface area (Å²) in [6.07, 6.45) is 2.36. The predicted molar refractivity (Wildman–Crippen MR) is 82.4 cm³/mol. The lowest BCUT2D eigenvalue weighted by atomic mass is 10.4. The molecular formula is C12H14ClN5O2S. The number of fused-ring (bicyclic) bond motifs is 1. The molecule has 9 heteroatoms. The van der Waals surface area contributed by atoms with Crippen LogP contribution in [0.3, 0.4) is 0 Å². The van der Waals surface area contributed by atoms with Crippen molar-refractivity contribution in [2.75, 3.05) is 29.9 Å². The standard InChI is InChI=1S/C12H14ClN5O2S/c13-11-15-9(14-4-3-7(19)20)8-10(16-11)17-12(21-8)18-5-1-2-6-18/h1-6H2,(H,19,20)(H,14,15,16). The molecule has 112 valence electrons. The van der Waals surface area contributed by atoms with Crippen LogP contribution < -0.4 is 10.2 Å². The monoisotopic (exact) mass is 327 g/mol. The quantitative estimate of drug-likeness (QED) is 0.813. The normalized spacial score (nSPS) is 14.8. The molecule has 0 aromatic carbocycles. The Kier molecular flexibility index (Phi) is 4.07. The van der Waals surface area contributed by atoms with Crippen LogP contribution in [0.5, 0.6) is 0 Å². The van der Waals surface area contributed by atoms with E-state index in [1.165, 1.54) is 24.2 Å². The molecule has 0 aliphatic carbocycles. The average Bonchev–Trinajstić information content (AvgIpc) is 3.05. The Morgan fingerprint density at radius 3 is 2.81 bits per heavy atom. The van der Waals surface area contributed by atoms with Gasteiger partial charge in [0.15, 0.2) is 16.6 Å². The first-order valence-corrected chi connectivity index (χ1v) is 7.87. The summed E-state index contributed by atoms with van der Waals surface area (Å²) in [5.41, 5.74) is 0.555. The first-order valence-electron chi connectivity index (χ1n) is 6.68. The van der Waals surface area contributed by atoms with E-state index < -0.39 is 5.97 Å². The van der Waals surface area contributed by atoms with Gasteiger partial charge in [0, 0.05) is 19.6 Å². The fourth-order valence-corrected chi connectivity index (χ4v) is 3.43. The van der Waals surface area contributed by atoms with Crippen LogP contribution in [-0.2, 0) is 4.79 Å². The van der Waals surface area contributed by atoms with E-state index in [2.05, 4.69) is 25.2 Å². The Balaban J connectivity index is 1.89. The Morgan fingerprint density at radius 1 is 1.33 bits per heavy atom. The third-order valence-corrected chi connectivity index (χ3v) is 4.50. The molecule has 3 rings (SSSR count). The molecule has 0 saturated carbocycles. The summed E-state index contributed by atoms with van der Waals surface area (Å²) >= 11 is 7.42. The molecule has 1 saturated heterocycles. The minimum absolute atomic E-state index is 0.0148. The summed E-state index contributed by atoms with van der Waals surface area (Å²) in [4.78, 5) is 25.6. The van der Waals surface area contributed by atoms with Crippen molar-refractivity contribution in [2.45, 2.75) is 19.3 Å². The third kappa shape index (κ3) is 3.16. The number of aromatic nitrogens is 3. The van der Waals surface area contributed by atoms with Crippen LogP contribution in [0.1, 0.15) is 19.3 Å². The van der Waals surface area contributed by atoms with Gasteiger partial charge in [0.1, 0.15) is 4.70 Å². The van der Waals surface area contributed by atoms with E-state index in [4.69, 9.17) is 16.7 Å². The van der Waals surface area contributed by atoms with Crippen LogP contribution in [0, 0.1) is 0 Å². The summed E-state index contributed by atoms with van der Waals surface area (Å²) in [6.45, 7) is 2.29. The Bertz CT molecular complexity index is 671. The van der Waals surface area contributed by atoms with Crippen molar-refractivity contribution in [1.29, 1.82) is 0 Å². The number of nitrogens with one attached hydrogen (secondary N) is 1. The molecule has 0 radical (unpaired) electrons. The van der Waals surface area contributed by atoms with Crippen molar-refractivity contribution in [2.24, 2.45) is 0 Å². The van der Waals surface area contributed by atoms with Crippen molar-refractivity contribution in [3.05, 3.63) is 5.28 Å². The Labute approximate surface area is 130 Å². The average molecular weight is 328 g/mol. The largest absolute Gasteiger partial charge is 0.481 e. The number of carbonyl (C=O) groups is 1. The second-order valence-electron chi connectivity index (χ2n) is 4.76. The first kappa shape index (κ1) is 14.3. The van der Waals surface area contributed by atoms with Gasteiger partial charge in [0.25, 0.3) is 0 Å². The number of aliphatic carboxylic acids is 1. The highest BCUT2D eigenvalue weighted by Gasteiger charge is 2.19. The highest BCUT2D eigenvalue weighted by molar-refractivity contribution is 7.22. The zero-order chi connectivity index (χ0) is 14.8. The number of halogens is 1. The van der Waals surface area contributed by atoms with Crippen molar-refractivity contribution in [1.82, 2.24) is 15.0 Å². The van der Waals surface area contributed by atoms with Crippen molar-refractivity contribution in [3.8, 4) is 0 Å². The minimum atomic E-state index is -0.860. The van der Waals surface area contributed by atoms with E-state index in [1.54, 1.807) is 0 Å². The second-order valence-corrected chi connectivity index (χ2v) is 6.07. The number of carboxylic acids is 1. The van der Waals surface area contributed by atoms with Crippen molar-refractivity contribution >= 4 is 50.2 Å². The molecule has 0 bridgehead atoms. The summed E-state index contributed by atoms with van der Waals surface area (Å²) < 4.78 is 0.812.